The van der Waals surface area contributed by atoms with Crippen molar-refractivity contribution >= 4 is 38.3 Å². The Balaban J connectivity index is 1.51. The van der Waals surface area contributed by atoms with Crippen molar-refractivity contribution in [1.29, 1.82) is 0 Å². The summed E-state index contributed by atoms with van der Waals surface area (Å²) in [5.74, 6) is -0.552. The van der Waals surface area contributed by atoms with Crippen LogP contribution in [0.5, 0.6) is 0 Å². The number of nitro benzene ring substituents is 1. The van der Waals surface area contributed by atoms with Crippen molar-refractivity contribution in [3.63, 3.8) is 0 Å². The molecule has 1 aliphatic heterocycles. The lowest BCUT2D eigenvalue weighted by atomic mass is 10.1. The van der Waals surface area contributed by atoms with Gasteiger partial charge in [0.05, 0.1) is 15.4 Å². The summed E-state index contributed by atoms with van der Waals surface area (Å²) in [4.78, 5) is 39.7. The molecule has 11 heteroatoms. The number of aromatic amines is 1. The quantitative estimate of drug-likeness (QED) is 0.356. The van der Waals surface area contributed by atoms with Gasteiger partial charge in [0.2, 0.25) is 10.0 Å². The van der Waals surface area contributed by atoms with Crippen LogP contribution in [0.4, 0.5) is 5.69 Å². The number of hydrogen-bond donors (Lipinski definition) is 1. The molecule has 1 saturated heterocycles. The number of piperazine rings is 1. The number of aromatic nitrogens is 1. The minimum Gasteiger partial charge on any atom is -0.360 e. The lowest BCUT2D eigenvalue weighted by molar-refractivity contribution is -0.384. The van der Waals surface area contributed by atoms with Gasteiger partial charge in [0.15, 0.2) is 5.78 Å². The molecule has 0 unspecified atom stereocenters. The molecular weight excluding hydrogens is 436 g/mol. The maximum Gasteiger partial charge on any atom is 0.270 e. The molecule has 1 N–H and O–H groups in total. The van der Waals surface area contributed by atoms with Gasteiger partial charge in [-0.3, -0.25) is 19.7 Å². The number of amides is 1. The van der Waals surface area contributed by atoms with Gasteiger partial charge in [0.1, 0.15) is 0 Å². The number of hydrogen-bond acceptors (Lipinski definition) is 6. The number of non-ortho nitro benzene ring substituents is 1. The molecule has 0 aliphatic carbocycles. The standard InChI is InChI=1S/C21H20N4O6S/c1-14(26)15-3-2-4-17(11-15)32(30,31)24-9-7-23(8-10-24)21(27)19-13-22-20-6-5-16(25(28)29)12-18(19)20/h2-6,11-13,22H,7-10H2,1H3. The first-order valence-electron chi connectivity index (χ1n) is 9.84. The Labute approximate surface area is 183 Å². The van der Waals surface area contributed by atoms with E-state index in [1.54, 1.807) is 12.1 Å². The van der Waals surface area contributed by atoms with Gasteiger partial charge in [-0.1, -0.05) is 12.1 Å². The molecule has 3 aromatic rings. The Morgan fingerprint density at radius 3 is 2.44 bits per heavy atom. The third-order valence-electron chi connectivity index (χ3n) is 5.51. The molecule has 1 aromatic heterocycles. The topological polar surface area (TPSA) is 134 Å². The highest BCUT2D eigenvalue weighted by Crippen LogP contribution is 2.26. The summed E-state index contributed by atoms with van der Waals surface area (Å²) in [6, 6.07) is 10.1. The highest BCUT2D eigenvalue weighted by molar-refractivity contribution is 7.89. The summed E-state index contributed by atoms with van der Waals surface area (Å²) in [6.45, 7) is 1.91. The summed E-state index contributed by atoms with van der Waals surface area (Å²) >= 11 is 0. The number of ketones is 1. The maximum absolute atomic E-state index is 13.0. The van der Waals surface area contributed by atoms with E-state index in [0.29, 0.717) is 22.0 Å². The Bertz CT molecular complexity index is 1340. The molecule has 1 amide bonds. The molecule has 2 aromatic carbocycles. The molecule has 1 aliphatic rings. The highest BCUT2D eigenvalue weighted by Gasteiger charge is 2.31. The number of rotatable bonds is 5. The number of benzene rings is 2. The molecule has 0 bridgehead atoms. The zero-order valence-electron chi connectivity index (χ0n) is 17.1. The van der Waals surface area contributed by atoms with E-state index < -0.39 is 14.9 Å². The van der Waals surface area contributed by atoms with Crippen LogP contribution in [0, 0.1) is 10.1 Å². The van der Waals surface area contributed by atoms with Crippen molar-refractivity contribution in [3.8, 4) is 0 Å². The summed E-state index contributed by atoms with van der Waals surface area (Å²) in [5, 5.41) is 11.5. The number of sulfonamides is 1. The van der Waals surface area contributed by atoms with Gasteiger partial charge in [-0.15, -0.1) is 0 Å². The van der Waals surface area contributed by atoms with Gasteiger partial charge in [-0.25, -0.2) is 8.42 Å². The average molecular weight is 456 g/mol. The molecule has 4 rings (SSSR count). The first-order valence-corrected chi connectivity index (χ1v) is 11.3. The smallest absolute Gasteiger partial charge is 0.270 e. The second-order valence-electron chi connectivity index (χ2n) is 7.47. The number of fused-ring (bicyclic) bond motifs is 1. The lowest BCUT2D eigenvalue weighted by Gasteiger charge is -2.34. The van der Waals surface area contributed by atoms with E-state index in [1.165, 1.54) is 52.7 Å². The minimum absolute atomic E-state index is 0.0360. The monoisotopic (exact) mass is 456 g/mol. The second kappa shape index (κ2) is 8.17. The van der Waals surface area contributed by atoms with Crippen LogP contribution in [0.2, 0.25) is 0 Å². The van der Waals surface area contributed by atoms with E-state index in [9.17, 15) is 28.1 Å². The molecule has 32 heavy (non-hydrogen) atoms. The molecule has 10 nitrogen and oxygen atoms in total. The Morgan fingerprint density at radius 2 is 1.78 bits per heavy atom. The SMILES string of the molecule is CC(=O)c1cccc(S(=O)(=O)N2CCN(C(=O)c3c[nH]c4ccc([N+](=O)[O-])cc34)CC2)c1. The molecule has 1 fully saturated rings. The van der Waals surface area contributed by atoms with Gasteiger partial charge in [-0.2, -0.15) is 4.31 Å². The van der Waals surface area contributed by atoms with Gasteiger partial charge >= 0.3 is 0 Å². The van der Waals surface area contributed by atoms with Crippen LogP contribution in [0.25, 0.3) is 10.9 Å². The number of carbonyl (C=O) groups is 2. The van der Waals surface area contributed by atoms with Crippen molar-refractivity contribution in [2.45, 2.75) is 11.8 Å². The summed E-state index contributed by atoms with van der Waals surface area (Å²) in [7, 11) is -3.81. The van der Waals surface area contributed by atoms with Gasteiger partial charge in [0.25, 0.3) is 11.6 Å². The van der Waals surface area contributed by atoms with Gasteiger partial charge in [0, 0.05) is 61.0 Å². The van der Waals surface area contributed by atoms with Crippen LogP contribution in [0.3, 0.4) is 0 Å². The predicted octanol–water partition coefficient (Wildman–Crippen LogP) is 2.43. The number of nitrogens with one attached hydrogen (secondary N) is 1. The molecule has 0 atom stereocenters. The van der Waals surface area contributed by atoms with E-state index >= 15 is 0 Å². The van der Waals surface area contributed by atoms with E-state index in [0.717, 1.165) is 0 Å². The van der Waals surface area contributed by atoms with Crippen molar-refractivity contribution in [3.05, 3.63) is 69.9 Å². The Hall–Kier alpha value is -3.57. The molecule has 0 spiro atoms. The molecule has 0 radical (unpaired) electrons. The van der Waals surface area contributed by atoms with Crippen molar-refractivity contribution in [1.82, 2.24) is 14.2 Å². The summed E-state index contributed by atoms with van der Waals surface area (Å²) < 4.78 is 27.3. The number of Topliss-reactive ketones (excluding diaryl/α,β-unsaturated/α-hetero) is 1. The normalized spacial score (nSPS) is 15.1. The van der Waals surface area contributed by atoms with E-state index in [2.05, 4.69) is 4.98 Å². The van der Waals surface area contributed by atoms with Crippen LogP contribution in [-0.2, 0) is 10.0 Å². The highest BCUT2D eigenvalue weighted by atomic mass is 32.2. The van der Waals surface area contributed by atoms with Crippen LogP contribution in [0.1, 0.15) is 27.6 Å². The summed E-state index contributed by atoms with van der Waals surface area (Å²) in [5.41, 5.74) is 1.10. The van der Waals surface area contributed by atoms with Crippen molar-refractivity contribution < 1.29 is 22.9 Å². The number of carbonyl (C=O) groups excluding carboxylic acids is 2. The summed E-state index contributed by atoms with van der Waals surface area (Å²) in [6.07, 6.45) is 1.51. The Kier molecular flexibility index (Phi) is 5.53. The fourth-order valence-electron chi connectivity index (χ4n) is 3.73. The van der Waals surface area contributed by atoms with Gasteiger partial charge < -0.3 is 9.88 Å². The zero-order chi connectivity index (χ0) is 23.0. The maximum atomic E-state index is 13.0. The third-order valence-corrected chi connectivity index (χ3v) is 7.41. The molecular formula is C21H20N4O6S. The fraction of sp³-hybridized carbons (Fsp3) is 0.238. The third kappa shape index (κ3) is 3.87. The molecule has 2 heterocycles. The van der Waals surface area contributed by atoms with E-state index in [1.807, 2.05) is 0 Å². The largest absolute Gasteiger partial charge is 0.360 e. The van der Waals surface area contributed by atoms with Crippen LogP contribution >= 0.6 is 0 Å². The molecule has 0 saturated carbocycles. The van der Waals surface area contributed by atoms with E-state index in [-0.39, 0.29) is 48.5 Å². The number of nitrogens with zero attached hydrogens (tertiary/aromatic N) is 3. The molecule has 166 valence electrons. The van der Waals surface area contributed by atoms with Crippen molar-refractivity contribution in [2.24, 2.45) is 0 Å². The number of nitro groups is 1. The van der Waals surface area contributed by atoms with Crippen LogP contribution in [-0.4, -0.2) is 65.4 Å². The van der Waals surface area contributed by atoms with Crippen LogP contribution < -0.4 is 0 Å². The van der Waals surface area contributed by atoms with Crippen molar-refractivity contribution in [2.75, 3.05) is 26.2 Å². The number of H-pyrrole nitrogens is 1. The lowest BCUT2D eigenvalue weighted by Crippen LogP contribution is -2.50. The zero-order valence-corrected chi connectivity index (χ0v) is 18.0. The predicted molar refractivity (Wildman–Crippen MR) is 116 cm³/mol. The second-order valence-corrected chi connectivity index (χ2v) is 9.41. The van der Waals surface area contributed by atoms with E-state index in [4.69, 9.17) is 0 Å². The minimum atomic E-state index is -3.81. The first kappa shape index (κ1) is 21.7. The fourth-order valence-corrected chi connectivity index (χ4v) is 5.19. The average Bonchev–Trinajstić information content (AvgIpc) is 3.22. The van der Waals surface area contributed by atoms with Crippen LogP contribution in [0.15, 0.2) is 53.6 Å². The first-order chi connectivity index (χ1) is 15.2. The van der Waals surface area contributed by atoms with Gasteiger partial charge in [-0.05, 0) is 25.1 Å². The Morgan fingerprint density at radius 1 is 1.06 bits per heavy atom.